The maximum Gasteiger partial charge on any atom is 0.211 e. The summed E-state index contributed by atoms with van der Waals surface area (Å²) in [5.74, 6) is 0.171. The molecule has 20 heavy (non-hydrogen) atoms. The van der Waals surface area contributed by atoms with Gasteiger partial charge in [-0.25, -0.2) is 18.1 Å². The van der Waals surface area contributed by atoms with E-state index in [9.17, 15) is 8.42 Å². The smallest absolute Gasteiger partial charge is 0.211 e. The molecule has 0 aliphatic rings. The fourth-order valence-corrected chi connectivity index (χ4v) is 3.61. The minimum Gasteiger partial charge on any atom is -0.265 e. The number of nitrogens with one attached hydrogen (secondary N) is 1. The average molecular weight is 311 g/mol. The number of unbranched alkanes of at least 4 members (excludes halogenated alkanes) is 1. The van der Waals surface area contributed by atoms with E-state index in [2.05, 4.69) is 14.7 Å². The van der Waals surface area contributed by atoms with Crippen LogP contribution in [0.1, 0.15) is 25.5 Å². The number of sulfonamides is 1. The summed E-state index contributed by atoms with van der Waals surface area (Å²) in [6.45, 7) is 2.21. The first kappa shape index (κ1) is 15.1. The van der Waals surface area contributed by atoms with Gasteiger partial charge in [-0.2, -0.15) is 0 Å². The van der Waals surface area contributed by atoms with Gasteiger partial charge in [-0.05, 0) is 18.6 Å². The van der Waals surface area contributed by atoms with Crippen LogP contribution in [0.25, 0.3) is 10.6 Å². The van der Waals surface area contributed by atoms with Gasteiger partial charge in [-0.15, -0.1) is 11.3 Å². The van der Waals surface area contributed by atoms with Crippen LogP contribution in [0.5, 0.6) is 0 Å². The lowest BCUT2D eigenvalue weighted by atomic mass is 10.3. The lowest BCUT2D eigenvalue weighted by molar-refractivity contribution is 0.577. The van der Waals surface area contributed by atoms with E-state index in [0.717, 1.165) is 22.7 Å². The molecule has 0 saturated heterocycles. The molecule has 1 N–H and O–H groups in total. The number of aromatic nitrogens is 2. The van der Waals surface area contributed by atoms with E-state index >= 15 is 0 Å². The van der Waals surface area contributed by atoms with Gasteiger partial charge >= 0.3 is 0 Å². The Morgan fingerprint density at radius 2 is 2.05 bits per heavy atom. The first-order valence-electron chi connectivity index (χ1n) is 6.43. The van der Waals surface area contributed by atoms with E-state index in [-0.39, 0.29) is 12.3 Å². The zero-order valence-corrected chi connectivity index (χ0v) is 12.9. The molecular formula is C13H17N3O2S2. The van der Waals surface area contributed by atoms with Crippen molar-refractivity contribution < 1.29 is 8.42 Å². The first-order valence-corrected chi connectivity index (χ1v) is 8.96. The van der Waals surface area contributed by atoms with Crippen LogP contribution in [0.3, 0.4) is 0 Å². The van der Waals surface area contributed by atoms with Gasteiger partial charge in [0.15, 0.2) is 0 Å². The fraction of sp³-hybridized carbons (Fsp3) is 0.385. The molecular weight excluding hydrogens is 294 g/mol. The van der Waals surface area contributed by atoms with Crippen molar-refractivity contribution in [3.8, 4) is 10.6 Å². The standard InChI is InChI=1S/C13H17N3O2S2/c1-2-3-8-20(17,18)15-9-12-10-19-13(16-12)11-4-6-14-7-5-11/h4-7,10,15H,2-3,8-9H2,1H3. The Bertz CT molecular complexity index is 639. The molecule has 0 radical (unpaired) electrons. The third kappa shape index (κ3) is 4.36. The summed E-state index contributed by atoms with van der Waals surface area (Å²) in [6, 6.07) is 3.77. The van der Waals surface area contributed by atoms with E-state index in [4.69, 9.17) is 0 Å². The van der Waals surface area contributed by atoms with Crippen LogP contribution < -0.4 is 4.72 Å². The van der Waals surface area contributed by atoms with Crippen LogP contribution in [0, 0.1) is 0 Å². The summed E-state index contributed by atoms with van der Waals surface area (Å²) in [7, 11) is -3.19. The molecule has 0 fully saturated rings. The van der Waals surface area contributed by atoms with Crippen molar-refractivity contribution in [1.82, 2.24) is 14.7 Å². The topological polar surface area (TPSA) is 72.0 Å². The number of hydrogen-bond acceptors (Lipinski definition) is 5. The molecule has 5 nitrogen and oxygen atoms in total. The third-order valence-electron chi connectivity index (χ3n) is 2.72. The van der Waals surface area contributed by atoms with Crippen LogP contribution in [0.4, 0.5) is 0 Å². The van der Waals surface area contributed by atoms with E-state index in [1.807, 2.05) is 24.4 Å². The van der Waals surface area contributed by atoms with Gasteiger partial charge in [0.2, 0.25) is 10.0 Å². The highest BCUT2D eigenvalue weighted by atomic mass is 32.2. The average Bonchev–Trinajstić information content (AvgIpc) is 2.93. The van der Waals surface area contributed by atoms with Crippen molar-refractivity contribution >= 4 is 21.4 Å². The summed E-state index contributed by atoms with van der Waals surface area (Å²) in [6.07, 6.45) is 4.96. The highest BCUT2D eigenvalue weighted by molar-refractivity contribution is 7.89. The van der Waals surface area contributed by atoms with Crippen molar-refractivity contribution in [3.63, 3.8) is 0 Å². The molecule has 7 heteroatoms. The Balaban J connectivity index is 1.97. The molecule has 2 aromatic rings. The summed E-state index contributed by atoms with van der Waals surface area (Å²) < 4.78 is 26.0. The van der Waals surface area contributed by atoms with Crippen molar-refractivity contribution in [2.75, 3.05) is 5.75 Å². The molecule has 2 rings (SSSR count). The second kappa shape index (κ2) is 6.92. The van der Waals surface area contributed by atoms with Crippen molar-refractivity contribution in [2.45, 2.75) is 26.3 Å². The van der Waals surface area contributed by atoms with Gasteiger partial charge < -0.3 is 0 Å². The molecule has 0 saturated carbocycles. The molecule has 0 aliphatic heterocycles. The predicted molar refractivity (Wildman–Crippen MR) is 80.9 cm³/mol. The summed E-state index contributed by atoms with van der Waals surface area (Å²) in [5, 5.41) is 2.74. The van der Waals surface area contributed by atoms with E-state index in [1.54, 1.807) is 12.4 Å². The lowest BCUT2D eigenvalue weighted by Gasteiger charge is -2.03. The Morgan fingerprint density at radius 3 is 2.75 bits per heavy atom. The predicted octanol–water partition coefficient (Wildman–Crippen LogP) is 2.42. The molecule has 0 unspecified atom stereocenters. The molecule has 108 valence electrons. The number of thiazole rings is 1. The highest BCUT2D eigenvalue weighted by Gasteiger charge is 2.11. The minimum atomic E-state index is -3.19. The monoisotopic (exact) mass is 311 g/mol. The quantitative estimate of drug-likeness (QED) is 0.852. The summed E-state index contributed by atoms with van der Waals surface area (Å²) in [5.41, 5.74) is 1.73. The van der Waals surface area contributed by atoms with Crippen molar-refractivity contribution in [2.24, 2.45) is 0 Å². The zero-order chi connectivity index (χ0) is 14.4. The van der Waals surface area contributed by atoms with Gasteiger partial charge in [0.05, 0.1) is 18.0 Å². The highest BCUT2D eigenvalue weighted by Crippen LogP contribution is 2.22. The summed E-state index contributed by atoms with van der Waals surface area (Å²) in [4.78, 5) is 8.39. The zero-order valence-electron chi connectivity index (χ0n) is 11.2. The Labute approximate surface area is 123 Å². The van der Waals surface area contributed by atoms with Crippen molar-refractivity contribution in [1.29, 1.82) is 0 Å². The van der Waals surface area contributed by atoms with E-state index in [1.165, 1.54) is 11.3 Å². The number of pyridine rings is 1. The normalized spacial score (nSPS) is 11.7. The van der Waals surface area contributed by atoms with E-state index < -0.39 is 10.0 Å². The molecule has 0 aliphatic carbocycles. The summed E-state index contributed by atoms with van der Waals surface area (Å²) >= 11 is 1.50. The SMILES string of the molecule is CCCCS(=O)(=O)NCc1csc(-c2ccncc2)n1. The molecule has 0 amide bonds. The van der Waals surface area contributed by atoms with Gasteiger partial charge in [0, 0.05) is 23.3 Å². The third-order valence-corrected chi connectivity index (χ3v) is 5.07. The molecule has 0 spiro atoms. The second-order valence-corrected chi connectivity index (χ2v) is 7.16. The Morgan fingerprint density at radius 1 is 1.30 bits per heavy atom. The molecule has 0 aromatic carbocycles. The fourth-order valence-electron chi connectivity index (χ4n) is 1.61. The molecule has 2 aromatic heterocycles. The minimum absolute atomic E-state index is 0.171. The van der Waals surface area contributed by atoms with Crippen molar-refractivity contribution in [3.05, 3.63) is 35.6 Å². The number of hydrogen-bond donors (Lipinski definition) is 1. The maximum absolute atomic E-state index is 11.7. The van der Waals surface area contributed by atoms with Crippen LogP contribution in [0.2, 0.25) is 0 Å². The van der Waals surface area contributed by atoms with Crippen LogP contribution in [-0.4, -0.2) is 24.1 Å². The van der Waals surface area contributed by atoms with Crippen LogP contribution >= 0.6 is 11.3 Å². The van der Waals surface area contributed by atoms with E-state index in [0.29, 0.717) is 6.42 Å². The molecule has 2 heterocycles. The Kier molecular flexibility index (Phi) is 5.22. The van der Waals surface area contributed by atoms with Gasteiger partial charge in [-0.1, -0.05) is 13.3 Å². The largest absolute Gasteiger partial charge is 0.265 e. The number of nitrogens with zero attached hydrogens (tertiary/aromatic N) is 2. The number of rotatable bonds is 7. The van der Waals surface area contributed by atoms with Gasteiger partial charge in [0.1, 0.15) is 5.01 Å². The molecule has 0 bridgehead atoms. The Hall–Kier alpha value is -1.31. The van der Waals surface area contributed by atoms with Gasteiger partial charge in [0.25, 0.3) is 0 Å². The lowest BCUT2D eigenvalue weighted by Crippen LogP contribution is -2.26. The van der Waals surface area contributed by atoms with Crippen LogP contribution in [-0.2, 0) is 16.6 Å². The molecule has 0 atom stereocenters. The maximum atomic E-state index is 11.7. The van der Waals surface area contributed by atoms with Crippen LogP contribution in [0.15, 0.2) is 29.9 Å². The second-order valence-electron chi connectivity index (χ2n) is 4.37. The first-order chi connectivity index (χ1) is 9.61. The van der Waals surface area contributed by atoms with Gasteiger partial charge in [-0.3, -0.25) is 4.98 Å².